The highest BCUT2D eigenvalue weighted by molar-refractivity contribution is 5.88. The Labute approximate surface area is 258 Å². The Kier molecular flexibility index (Phi) is 7.60. The molecule has 4 aliphatic heterocycles. The van der Waals surface area contributed by atoms with E-state index in [1.54, 1.807) is 0 Å². The summed E-state index contributed by atoms with van der Waals surface area (Å²) in [6, 6.07) is 3.99. The monoisotopic (exact) mass is 604 g/mol. The topological polar surface area (TPSA) is 120 Å². The fourth-order valence-electron chi connectivity index (χ4n) is 7.27. The number of alkyl carbamates (subject to hydrolysis) is 1. The highest BCUT2D eigenvalue weighted by Gasteiger charge is 2.50. The van der Waals surface area contributed by atoms with Crippen LogP contribution in [-0.2, 0) is 20.6 Å². The largest absolute Gasteiger partial charge is 0.444 e. The van der Waals surface area contributed by atoms with E-state index in [0.717, 1.165) is 105 Å². The first-order valence-electron chi connectivity index (χ1n) is 16.2. The Morgan fingerprint density at radius 1 is 1.11 bits per heavy atom. The number of nitrogens with one attached hydrogen (secondary N) is 1. The van der Waals surface area contributed by atoms with Crippen molar-refractivity contribution in [3.8, 4) is 0 Å². The quantitative estimate of drug-likeness (QED) is 0.440. The average molecular weight is 605 g/mol. The second-order valence-corrected chi connectivity index (χ2v) is 13.7. The summed E-state index contributed by atoms with van der Waals surface area (Å²) >= 11 is 0. The van der Waals surface area contributed by atoms with Crippen molar-refractivity contribution in [2.75, 3.05) is 42.6 Å². The number of anilines is 3. The molecule has 0 radical (unpaired) electrons. The lowest BCUT2D eigenvalue weighted by Gasteiger charge is -2.42. The van der Waals surface area contributed by atoms with Gasteiger partial charge in [0.05, 0.1) is 36.3 Å². The van der Waals surface area contributed by atoms with E-state index in [1.165, 1.54) is 0 Å². The van der Waals surface area contributed by atoms with Gasteiger partial charge in [0.15, 0.2) is 23.2 Å². The number of rotatable bonds is 4. The van der Waals surface area contributed by atoms with E-state index in [4.69, 9.17) is 29.3 Å². The minimum Gasteiger partial charge on any atom is -0.444 e. The summed E-state index contributed by atoms with van der Waals surface area (Å²) in [4.78, 5) is 32.1. The first-order valence-corrected chi connectivity index (χ1v) is 16.2. The maximum Gasteiger partial charge on any atom is 0.407 e. The van der Waals surface area contributed by atoms with E-state index in [2.05, 4.69) is 26.2 Å². The highest BCUT2D eigenvalue weighted by atomic mass is 16.6. The number of nitrogens with zero attached hydrogens (tertiary/aromatic N) is 7. The lowest BCUT2D eigenvalue weighted by atomic mass is 9.73. The van der Waals surface area contributed by atoms with Gasteiger partial charge in [0, 0.05) is 37.9 Å². The maximum atomic E-state index is 12.7. The second kappa shape index (κ2) is 11.4. The van der Waals surface area contributed by atoms with Crippen molar-refractivity contribution in [3.63, 3.8) is 0 Å². The first-order chi connectivity index (χ1) is 21.2. The normalized spacial score (nSPS) is 25.3. The van der Waals surface area contributed by atoms with Gasteiger partial charge in [0.2, 0.25) is 0 Å². The molecule has 1 spiro atoms. The van der Waals surface area contributed by atoms with Crippen LogP contribution in [0, 0.1) is 5.41 Å². The number of aryl methyl sites for hydroxylation is 1. The van der Waals surface area contributed by atoms with Crippen molar-refractivity contribution < 1.29 is 19.0 Å². The summed E-state index contributed by atoms with van der Waals surface area (Å²) in [6.45, 7) is 11.4. The minimum atomic E-state index is -0.552. The Balaban J connectivity index is 1.16. The summed E-state index contributed by atoms with van der Waals surface area (Å²) in [7, 11) is 0. The van der Waals surface area contributed by atoms with Gasteiger partial charge in [0.1, 0.15) is 11.4 Å². The molecular formula is C32H44N8O4. The molecule has 0 bridgehead atoms. The summed E-state index contributed by atoms with van der Waals surface area (Å²) in [5.41, 5.74) is 3.02. The lowest BCUT2D eigenvalue weighted by molar-refractivity contribution is -0.0368. The van der Waals surface area contributed by atoms with Crippen LogP contribution in [-0.4, -0.2) is 81.4 Å². The Hall–Kier alpha value is -3.51. The zero-order valence-electron chi connectivity index (χ0n) is 26.3. The van der Waals surface area contributed by atoms with E-state index in [9.17, 15) is 4.79 Å². The molecule has 1 unspecified atom stereocenters. The predicted octanol–water partition coefficient (Wildman–Crippen LogP) is 4.90. The molecule has 1 N–H and O–H groups in total. The second-order valence-electron chi connectivity index (χ2n) is 13.7. The minimum absolute atomic E-state index is 0.0800. The maximum absolute atomic E-state index is 12.7. The van der Waals surface area contributed by atoms with Crippen LogP contribution in [0.25, 0.3) is 11.2 Å². The van der Waals surface area contributed by atoms with Gasteiger partial charge in [-0.05, 0) is 84.8 Å². The van der Waals surface area contributed by atoms with E-state index in [0.29, 0.717) is 6.61 Å². The van der Waals surface area contributed by atoms with Gasteiger partial charge in [-0.1, -0.05) is 0 Å². The van der Waals surface area contributed by atoms with Crippen LogP contribution in [0.1, 0.15) is 78.1 Å². The molecule has 3 aromatic heterocycles. The van der Waals surface area contributed by atoms with Crippen LogP contribution < -0.4 is 15.1 Å². The van der Waals surface area contributed by atoms with Gasteiger partial charge in [-0.2, -0.15) is 0 Å². The van der Waals surface area contributed by atoms with E-state index in [-0.39, 0.29) is 29.9 Å². The van der Waals surface area contributed by atoms with Crippen molar-refractivity contribution in [1.29, 1.82) is 0 Å². The molecule has 3 atom stereocenters. The number of piperidine rings is 1. The molecule has 44 heavy (non-hydrogen) atoms. The van der Waals surface area contributed by atoms with Gasteiger partial charge >= 0.3 is 6.09 Å². The smallest absolute Gasteiger partial charge is 0.407 e. The number of carbonyl (C=O) groups excluding carboxylic acids is 1. The SMILES string of the molecule is C[C@@H]1OCC2(CCN(c3cnc4c(N5CCCc6ncccc65)nn(C5CCCCO5)c4n3)CC2)[C@@H]1NC(=O)OC(C)(C)C. The number of ether oxygens (including phenoxy) is 3. The van der Waals surface area contributed by atoms with Crippen molar-refractivity contribution in [3.05, 3.63) is 30.2 Å². The highest BCUT2D eigenvalue weighted by Crippen LogP contribution is 2.43. The number of pyridine rings is 1. The average Bonchev–Trinajstić information content (AvgIpc) is 3.54. The Morgan fingerprint density at radius 3 is 2.73 bits per heavy atom. The summed E-state index contributed by atoms with van der Waals surface area (Å²) < 4.78 is 19.9. The molecule has 0 aliphatic carbocycles. The zero-order valence-corrected chi connectivity index (χ0v) is 26.3. The van der Waals surface area contributed by atoms with Gasteiger partial charge in [-0.3, -0.25) is 4.98 Å². The molecule has 0 aromatic carbocycles. The van der Waals surface area contributed by atoms with Gasteiger partial charge in [-0.15, -0.1) is 5.10 Å². The van der Waals surface area contributed by atoms with E-state index < -0.39 is 5.60 Å². The molecular weight excluding hydrogens is 560 g/mol. The Morgan fingerprint density at radius 2 is 1.95 bits per heavy atom. The third-order valence-electron chi connectivity index (χ3n) is 9.53. The number of hydrogen-bond donors (Lipinski definition) is 1. The molecule has 7 rings (SSSR count). The number of hydrogen-bond acceptors (Lipinski definition) is 10. The van der Waals surface area contributed by atoms with Crippen LogP contribution in [0.4, 0.5) is 22.1 Å². The van der Waals surface area contributed by atoms with Gasteiger partial charge in [-0.25, -0.2) is 19.4 Å². The van der Waals surface area contributed by atoms with Crippen LogP contribution in [0.5, 0.6) is 0 Å². The molecule has 7 heterocycles. The predicted molar refractivity (Wildman–Crippen MR) is 166 cm³/mol. The van der Waals surface area contributed by atoms with Crippen LogP contribution in [0.2, 0.25) is 0 Å². The zero-order chi connectivity index (χ0) is 30.5. The van der Waals surface area contributed by atoms with Crippen molar-refractivity contribution in [2.24, 2.45) is 5.41 Å². The molecule has 12 heteroatoms. The molecule has 12 nitrogen and oxygen atoms in total. The van der Waals surface area contributed by atoms with Crippen molar-refractivity contribution >= 4 is 34.6 Å². The number of fused-ring (bicyclic) bond motifs is 2. The fraction of sp³-hybridized carbons (Fsp3) is 0.656. The third-order valence-corrected chi connectivity index (χ3v) is 9.53. The van der Waals surface area contributed by atoms with Crippen LogP contribution in [0.15, 0.2) is 24.5 Å². The van der Waals surface area contributed by atoms with E-state index in [1.807, 2.05) is 50.8 Å². The summed E-state index contributed by atoms with van der Waals surface area (Å²) in [5.74, 6) is 1.65. The third kappa shape index (κ3) is 5.47. The number of aromatic nitrogens is 5. The van der Waals surface area contributed by atoms with Crippen molar-refractivity contribution in [2.45, 2.75) is 96.6 Å². The first kappa shape index (κ1) is 29.2. The van der Waals surface area contributed by atoms with Gasteiger partial charge < -0.3 is 29.3 Å². The molecule has 236 valence electrons. The molecule has 3 saturated heterocycles. The molecule has 3 fully saturated rings. The summed E-state index contributed by atoms with van der Waals surface area (Å²) in [5, 5.41) is 8.27. The number of amides is 1. The number of carbonyl (C=O) groups is 1. The van der Waals surface area contributed by atoms with E-state index >= 15 is 0 Å². The van der Waals surface area contributed by atoms with Crippen molar-refractivity contribution in [1.82, 2.24) is 30.0 Å². The Bertz CT molecular complexity index is 1510. The van der Waals surface area contributed by atoms with Crippen LogP contribution in [0.3, 0.4) is 0 Å². The standard InChI is InChI=1S/C32H44N8O4/c1-21-27(36-30(41)44-31(2,3)4)32(20-43-21)12-16-38(17-13-32)24-19-34-26-28(35-24)40(25-11-5-6-18-42-25)37-29(26)39-15-8-9-22-23(39)10-7-14-33-22/h7,10,14,19,21,25,27H,5-6,8-9,11-13,15-18,20H2,1-4H3,(H,36,41)/t21-,25?,27+/m0/s1. The lowest BCUT2D eigenvalue weighted by Crippen LogP contribution is -2.55. The summed E-state index contributed by atoms with van der Waals surface area (Å²) in [6.07, 6.45) is 9.87. The molecule has 4 aliphatic rings. The van der Waals surface area contributed by atoms with Gasteiger partial charge in [0.25, 0.3) is 0 Å². The molecule has 1 amide bonds. The fourth-order valence-corrected chi connectivity index (χ4v) is 7.27. The molecule has 3 aromatic rings. The van der Waals surface area contributed by atoms with Crippen LogP contribution >= 0.6 is 0 Å². The molecule has 0 saturated carbocycles.